The second-order valence-corrected chi connectivity index (χ2v) is 15.9. The van der Waals surface area contributed by atoms with Crippen molar-refractivity contribution in [3.63, 3.8) is 0 Å². The fraction of sp³-hybridized carbons (Fsp3) is 0.478. The average molecular weight is 824 g/mol. The lowest BCUT2D eigenvalue weighted by Crippen LogP contribution is -2.47. The van der Waals surface area contributed by atoms with Crippen LogP contribution in [-0.4, -0.2) is 67.4 Å². The van der Waals surface area contributed by atoms with Crippen LogP contribution in [0.5, 0.6) is 23.0 Å². The number of ether oxygens (including phenoxy) is 4. The van der Waals surface area contributed by atoms with Gasteiger partial charge in [0.15, 0.2) is 0 Å². The van der Waals surface area contributed by atoms with Crippen molar-refractivity contribution >= 4 is 28.3 Å². The SMILES string of the molecule is CC(C)c1ccccc1OCCBr.CC(C)c1ccccc1OCCN1CCC(C)(Oc2ccccc2)CC1.CC1(Oc2ccccc2)CCNCC1.Cl. The summed E-state index contributed by atoms with van der Waals surface area (Å²) in [4.78, 5) is 2.48. The lowest BCUT2D eigenvalue weighted by atomic mass is 9.93. The first-order chi connectivity index (χ1) is 25.6. The highest BCUT2D eigenvalue weighted by Crippen LogP contribution is 2.30. The maximum Gasteiger partial charge on any atom is 0.122 e. The van der Waals surface area contributed by atoms with Crippen LogP contribution in [0.1, 0.15) is 90.2 Å². The number of nitrogens with zero attached hydrogens (tertiary/aromatic N) is 1. The van der Waals surface area contributed by atoms with Gasteiger partial charge in [-0.1, -0.05) is 116 Å². The zero-order chi connectivity index (χ0) is 37.9. The van der Waals surface area contributed by atoms with Gasteiger partial charge < -0.3 is 24.3 Å². The Morgan fingerprint density at radius 3 is 1.44 bits per heavy atom. The van der Waals surface area contributed by atoms with Crippen LogP contribution in [0.3, 0.4) is 0 Å². The van der Waals surface area contributed by atoms with Gasteiger partial charge in [-0.25, -0.2) is 0 Å². The average Bonchev–Trinajstić information content (AvgIpc) is 3.16. The summed E-state index contributed by atoms with van der Waals surface area (Å²) in [5.41, 5.74) is 2.52. The fourth-order valence-corrected chi connectivity index (χ4v) is 6.73. The Kier molecular flexibility index (Phi) is 19.8. The van der Waals surface area contributed by atoms with Crippen LogP contribution in [0.25, 0.3) is 0 Å². The van der Waals surface area contributed by atoms with Crippen molar-refractivity contribution in [3.05, 3.63) is 120 Å². The molecule has 2 heterocycles. The molecule has 6 nitrogen and oxygen atoms in total. The summed E-state index contributed by atoms with van der Waals surface area (Å²) in [5, 5.41) is 4.22. The molecule has 0 spiro atoms. The second-order valence-electron chi connectivity index (χ2n) is 15.1. The Bertz CT molecular complexity index is 1580. The van der Waals surface area contributed by atoms with Gasteiger partial charge in [0.05, 0.1) is 6.61 Å². The van der Waals surface area contributed by atoms with E-state index in [-0.39, 0.29) is 23.6 Å². The molecule has 0 atom stereocenters. The molecule has 1 N–H and O–H groups in total. The first kappa shape index (κ1) is 45.2. The number of nitrogens with one attached hydrogen (secondary N) is 1. The number of hydrogen-bond donors (Lipinski definition) is 1. The highest BCUT2D eigenvalue weighted by Gasteiger charge is 2.32. The van der Waals surface area contributed by atoms with E-state index in [0.29, 0.717) is 11.8 Å². The van der Waals surface area contributed by atoms with E-state index in [1.165, 1.54) is 11.1 Å². The van der Waals surface area contributed by atoms with Crippen LogP contribution in [0.4, 0.5) is 0 Å². The molecular weight excluding hydrogens is 760 g/mol. The van der Waals surface area contributed by atoms with Gasteiger partial charge >= 0.3 is 0 Å². The molecule has 0 bridgehead atoms. The van der Waals surface area contributed by atoms with Gasteiger partial charge in [0, 0.05) is 25.0 Å². The highest BCUT2D eigenvalue weighted by atomic mass is 79.9. The molecule has 0 aliphatic carbocycles. The van der Waals surface area contributed by atoms with Gasteiger partial charge in [0.1, 0.15) is 40.8 Å². The monoisotopic (exact) mass is 822 g/mol. The fourth-order valence-electron chi connectivity index (χ4n) is 6.57. The van der Waals surface area contributed by atoms with E-state index in [1.807, 2.05) is 72.8 Å². The summed E-state index contributed by atoms with van der Waals surface area (Å²) in [6, 6.07) is 36.8. The Balaban J connectivity index is 0.000000237. The molecule has 6 rings (SSSR count). The molecule has 4 aromatic carbocycles. The highest BCUT2D eigenvalue weighted by molar-refractivity contribution is 9.09. The van der Waals surface area contributed by atoms with Gasteiger partial charge in [-0.15, -0.1) is 12.4 Å². The normalized spacial score (nSPS) is 16.1. The zero-order valence-electron chi connectivity index (χ0n) is 33.4. The van der Waals surface area contributed by atoms with E-state index in [2.05, 4.69) is 104 Å². The van der Waals surface area contributed by atoms with E-state index >= 15 is 0 Å². The molecule has 2 aliphatic rings. The summed E-state index contributed by atoms with van der Waals surface area (Å²) in [6.45, 7) is 19.8. The van der Waals surface area contributed by atoms with Crippen LogP contribution < -0.4 is 24.3 Å². The summed E-state index contributed by atoms with van der Waals surface area (Å²) >= 11 is 3.34. The molecule has 0 unspecified atom stereocenters. The Morgan fingerprint density at radius 1 is 0.593 bits per heavy atom. The van der Waals surface area contributed by atoms with Gasteiger partial charge in [-0.05, 0) is 112 Å². The van der Waals surface area contributed by atoms with Gasteiger partial charge in [-0.3, -0.25) is 4.90 Å². The standard InChI is InChI=1S/C23H31NO2.C12H17NO.C11H15BrO.ClH/c1-19(2)21-11-7-8-12-22(21)25-18-17-24-15-13-23(3,14-16-24)26-20-9-5-4-6-10-20;1-12(7-9-13-10-8-12)14-11-5-3-2-4-6-11;1-9(2)10-5-3-4-6-11(10)13-8-7-12;/h4-12,19H,13-18H2,1-3H3;2-6,13H,7-10H2,1H3;3-6,9H,7-8H2,1-2H3;1H. The molecule has 2 aliphatic heterocycles. The second kappa shape index (κ2) is 23.6. The van der Waals surface area contributed by atoms with Crippen molar-refractivity contribution in [2.75, 3.05) is 51.3 Å². The number of para-hydroxylation sites is 4. The largest absolute Gasteiger partial charge is 0.492 e. The topological polar surface area (TPSA) is 52.2 Å². The zero-order valence-corrected chi connectivity index (χ0v) is 35.8. The van der Waals surface area contributed by atoms with Crippen molar-refractivity contribution in [1.82, 2.24) is 10.2 Å². The van der Waals surface area contributed by atoms with E-state index in [4.69, 9.17) is 18.9 Å². The number of rotatable bonds is 13. The first-order valence-corrected chi connectivity index (χ1v) is 20.6. The smallest absolute Gasteiger partial charge is 0.122 e. The number of piperidine rings is 2. The predicted octanol–water partition coefficient (Wildman–Crippen LogP) is 11.3. The van der Waals surface area contributed by atoms with Crippen molar-refractivity contribution in [2.45, 2.75) is 90.3 Å². The minimum atomic E-state index is -0.0665. The maximum absolute atomic E-state index is 6.25. The van der Waals surface area contributed by atoms with Crippen LogP contribution in [0.2, 0.25) is 0 Å². The molecule has 2 fully saturated rings. The van der Waals surface area contributed by atoms with Crippen LogP contribution in [0.15, 0.2) is 109 Å². The maximum atomic E-state index is 6.25. The third-order valence-corrected chi connectivity index (χ3v) is 10.2. The lowest BCUT2D eigenvalue weighted by molar-refractivity contribution is 0.0135. The van der Waals surface area contributed by atoms with Crippen molar-refractivity contribution < 1.29 is 18.9 Å². The minimum Gasteiger partial charge on any atom is -0.492 e. The molecule has 2 saturated heterocycles. The Morgan fingerprint density at radius 2 is 1.00 bits per heavy atom. The van der Waals surface area contributed by atoms with Gasteiger partial charge in [-0.2, -0.15) is 0 Å². The molecule has 0 aromatic heterocycles. The summed E-state index contributed by atoms with van der Waals surface area (Å²) < 4.78 is 23.9. The quantitative estimate of drug-likeness (QED) is 0.136. The summed E-state index contributed by atoms with van der Waals surface area (Å²) in [7, 11) is 0. The molecule has 296 valence electrons. The Labute approximate surface area is 340 Å². The van der Waals surface area contributed by atoms with Crippen LogP contribution in [0, 0.1) is 0 Å². The third-order valence-electron chi connectivity index (χ3n) is 9.87. The lowest BCUT2D eigenvalue weighted by Gasteiger charge is -2.39. The van der Waals surface area contributed by atoms with E-state index in [0.717, 1.165) is 99.9 Å². The molecule has 4 aromatic rings. The number of hydrogen-bond acceptors (Lipinski definition) is 6. The summed E-state index contributed by atoms with van der Waals surface area (Å²) in [5.74, 6) is 4.99. The van der Waals surface area contributed by atoms with E-state index < -0.39 is 0 Å². The van der Waals surface area contributed by atoms with Crippen molar-refractivity contribution in [2.24, 2.45) is 0 Å². The molecule has 0 saturated carbocycles. The molecule has 0 amide bonds. The molecule has 0 radical (unpaired) electrons. The van der Waals surface area contributed by atoms with Crippen molar-refractivity contribution in [1.29, 1.82) is 0 Å². The molecular formula is C46H64BrClN2O4. The van der Waals surface area contributed by atoms with Gasteiger partial charge in [0.25, 0.3) is 0 Å². The number of alkyl halides is 1. The van der Waals surface area contributed by atoms with Crippen molar-refractivity contribution in [3.8, 4) is 23.0 Å². The number of benzene rings is 4. The van der Waals surface area contributed by atoms with Crippen LogP contribution in [-0.2, 0) is 0 Å². The number of likely N-dealkylation sites (tertiary alicyclic amines) is 1. The molecule has 8 heteroatoms. The van der Waals surface area contributed by atoms with Crippen LogP contribution >= 0.6 is 28.3 Å². The van der Waals surface area contributed by atoms with Gasteiger partial charge in [0.2, 0.25) is 0 Å². The predicted molar refractivity (Wildman–Crippen MR) is 232 cm³/mol. The summed E-state index contributed by atoms with van der Waals surface area (Å²) in [6.07, 6.45) is 4.26. The molecule has 54 heavy (non-hydrogen) atoms. The van der Waals surface area contributed by atoms with E-state index in [1.54, 1.807) is 0 Å². The van der Waals surface area contributed by atoms with E-state index in [9.17, 15) is 0 Å². The third kappa shape index (κ3) is 15.5. The first-order valence-electron chi connectivity index (χ1n) is 19.5. The minimum absolute atomic E-state index is 0. The Hall–Kier alpha value is -3.23. The number of halogens is 2.